The number of aliphatic carboxylic acids is 1. The maximum absolute atomic E-state index is 10.6. The topological polar surface area (TPSA) is 49.3 Å². The third-order valence-corrected chi connectivity index (χ3v) is 2.12. The summed E-state index contributed by atoms with van der Waals surface area (Å²) in [4.78, 5) is 10.6. The number of rotatable bonds is 4. The normalized spacial score (nSPS) is 12.1. The first kappa shape index (κ1) is 10.6. The predicted molar refractivity (Wildman–Crippen MR) is 56.5 cm³/mol. The zero-order valence-electron chi connectivity index (χ0n) is 8.45. The largest absolute Gasteiger partial charge is 0.480 e. The first-order valence-electron chi connectivity index (χ1n) is 4.71. The summed E-state index contributed by atoms with van der Waals surface area (Å²) in [6, 6.07) is 7.24. The molecule has 3 heteroatoms. The Morgan fingerprint density at radius 1 is 1.43 bits per heavy atom. The average Bonchev–Trinajstić information content (AvgIpc) is 2.19. The van der Waals surface area contributed by atoms with Gasteiger partial charge in [-0.2, -0.15) is 0 Å². The number of aryl methyl sites for hydroxylation is 1. The second-order valence-corrected chi connectivity index (χ2v) is 3.25. The van der Waals surface area contributed by atoms with E-state index < -0.39 is 12.0 Å². The zero-order chi connectivity index (χ0) is 10.6. The molecule has 0 spiro atoms. The Bertz CT molecular complexity index is 306. The molecule has 0 amide bonds. The van der Waals surface area contributed by atoms with Gasteiger partial charge in [0.15, 0.2) is 0 Å². The van der Waals surface area contributed by atoms with Gasteiger partial charge >= 0.3 is 5.97 Å². The van der Waals surface area contributed by atoms with Gasteiger partial charge in [0.05, 0.1) is 0 Å². The summed E-state index contributed by atoms with van der Waals surface area (Å²) >= 11 is 0. The van der Waals surface area contributed by atoms with Crippen molar-refractivity contribution in [2.45, 2.75) is 26.3 Å². The number of carbonyl (C=O) groups is 1. The van der Waals surface area contributed by atoms with Crippen molar-refractivity contribution in [3.8, 4) is 0 Å². The van der Waals surface area contributed by atoms with Gasteiger partial charge in [-0.25, -0.2) is 0 Å². The quantitative estimate of drug-likeness (QED) is 0.770. The van der Waals surface area contributed by atoms with E-state index in [1.807, 2.05) is 24.3 Å². The third-order valence-electron chi connectivity index (χ3n) is 2.12. The van der Waals surface area contributed by atoms with Crippen molar-refractivity contribution < 1.29 is 9.90 Å². The summed E-state index contributed by atoms with van der Waals surface area (Å²) in [7, 11) is 0. The van der Waals surface area contributed by atoms with E-state index >= 15 is 0 Å². The summed E-state index contributed by atoms with van der Waals surface area (Å²) < 4.78 is 0. The Morgan fingerprint density at radius 3 is 2.43 bits per heavy atom. The molecule has 0 saturated heterocycles. The van der Waals surface area contributed by atoms with E-state index in [4.69, 9.17) is 5.11 Å². The minimum atomic E-state index is -0.843. The van der Waals surface area contributed by atoms with Crippen molar-refractivity contribution >= 4 is 11.7 Å². The summed E-state index contributed by atoms with van der Waals surface area (Å²) in [6.45, 7) is 3.71. The van der Waals surface area contributed by atoms with E-state index in [2.05, 4.69) is 12.2 Å². The number of anilines is 1. The number of hydrogen-bond acceptors (Lipinski definition) is 2. The maximum atomic E-state index is 10.6. The Morgan fingerprint density at radius 2 is 2.00 bits per heavy atom. The molecule has 0 aliphatic rings. The number of nitrogens with one attached hydrogen (secondary N) is 1. The molecule has 1 aromatic rings. The molecule has 0 heterocycles. The highest BCUT2D eigenvalue weighted by atomic mass is 16.4. The molecule has 1 rings (SSSR count). The molecule has 1 aromatic carbocycles. The van der Waals surface area contributed by atoms with Crippen molar-refractivity contribution in [3.05, 3.63) is 29.8 Å². The fraction of sp³-hybridized carbons (Fsp3) is 0.364. The lowest BCUT2D eigenvalue weighted by atomic mass is 10.1. The summed E-state index contributed by atoms with van der Waals surface area (Å²) in [5.41, 5.74) is 2.09. The Kier molecular flexibility index (Phi) is 3.51. The molecule has 0 saturated carbocycles. The Hall–Kier alpha value is -1.51. The lowest BCUT2D eigenvalue weighted by molar-refractivity contribution is -0.137. The molecule has 76 valence electrons. The van der Waals surface area contributed by atoms with Crippen LogP contribution in [0.3, 0.4) is 0 Å². The smallest absolute Gasteiger partial charge is 0.325 e. The van der Waals surface area contributed by atoms with E-state index in [1.54, 1.807) is 6.92 Å². The molecular formula is C11H15NO2. The van der Waals surface area contributed by atoms with E-state index in [0.717, 1.165) is 12.1 Å². The number of carboxylic acid groups (broad SMARTS) is 1. The Labute approximate surface area is 83.8 Å². The molecule has 0 unspecified atom stereocenters. The molecular weight excluding hydrogens is 178 g/mol. The summed E-state index contributed by atoms with van der Waals surface area (Å²) in [5, 5.41) is 11.6. The fourth-order valence-electron chi connectivity index (χ4n) is 1.15. The maximum Gasteiger partial charge on any atom is 0.325 e. The van der Waals surface area contributed by atoms with Crippen molar-refractivity contribution in [1.82, 2.24) is 0 Å². The molecule has 0 aliphatic heterocycles. The monoisotopic (exact) mass is 193 g/mol. The lowest BCUT2D eigenvalue weighted by Gasteiger charge is -2.10. The van der Waals surface area contributed by atoms with Crippen molar-refractivity contribution in [2.24, 2.45) is 0 Å². The fourth-order valence-corrected chi connectivity index (χ4v) is 1.15. The third kappa shape index (κ3) is 2.76. The van der Waals surface area contributed by atoms with Gasteiger partial charge in [0.25, 0.3) is 0 Å². The van der Waals surface area contributed by atoms with Crippen LogP contribution in [-0.2, 0) is 11.2 Å². The van der Waals surface area contributed by atoms with Crippen molar-refractivity contribution in [2.75, 3.05) is 5.32 Å². The van der Waals surface area contributed by atoms with Crippen LogP contribution >= 0.6 is 0 Å². The van der Waals surface area contributed by atoms with Gasteiger partial charge in [-0.05, 0) is 31.0 Å². The first-order valence-corrected chi connectivity index (χ1v) is 4.71. The second-order valence-electron chi connectivity index (χ2n) is 3.25. The van der Waals surface area contributed by atoms with Gasteiger partial charge in [0, 0.05) is 5.69 Å². The standard InChI is InChI=1S/C11H15NO2/c1-3-9-4-6-10(7-5-9)12-8(2)11(13)14/h4-8,12H,3H2,1-2H3,(H,13,14)/t8-/m0/s1. The average molecular weight is 193 g/mol. The highest BCUT2D eigenvalue weighted by molar-refractivity contribution is 5.76. The molecule has 14 heavy (non-hydrogen) atoms. The molecule has 3 nitrogen and oxygen atoms in total. The minimum Gasteiger partial charge on any atom is -0.480 e. The van der Waals surface area contributed by atoms with Crippen LogP contribution in [0, 0.1) is 0 Å². The number of benzene rings is 1. The SMILES string of the molecule is CCc1ccc(N[C@@H](C)C(=O)O)cc1. The van der Waals surface area contributed by atoms with E-state index in [0.29, 0.717) is 0 Å². The van der Waals surface area contributed by atoms with Crippen LogP contribution in [0.5, 0.6) is 0 Å². The van der Waals surface area contributed by atoms with Crippen LogP contribution < -0.4 is 5.32 Å². The van der Waals surface area contributed by atoms with Crippen LogP contribution in [0.4, 0.5) is 5.69 Å². The second kappa shape index (κ2) is 4.65. The lowest BCUT2D eigenvalue weighted by Crippen LogP contribution is -2.25. The van der Waals surface area contributed by atoms with Crippen LogP contribution in [0.2, 0.25) is 0 Å². The highest BCUT2D eigenvalue weighted by Gasteiger charge is 2.09. The van der Waals surface area contributed by atoms with Crippen LogP contribution in [0.15, 0.2) is 24.3 Å². The zero-order valence-corrected chi connectivity index (χ0v) is 8.45. The first-order chi connectivity index (χ1) is 6.63. The van der Waals surface area contributed by atoms with E-state index in [-0.39, 0.29) is 0 Å². The Balaban J connectivity index is 2.64. The highest BCUT2D eigenvalue weighted by Crippen LogP contribution is 2.10. The summed E-state index contributed by atoms with van der Waals surface area (Å²) in [5.74, 6) is -0.843. The van der Waals surface area contributed by atoms with Crippen molar-refractivity contribution in [3.63, 3.8) is 0 Å². The van der Waals surface area contributed by atoms with Gasteiger partial charge in [-0.1, -0.05) is 19.1 Å². The number of hydrogen-bond donors (Lipinski definition) is 2. The molecule has 0 bridgehead atoms. The van der Waals surface area contributed by atoms with Crippen LogP contribution in [0.1, 0.15) is 19.4 Å². The molecule has 0 aliphatic carbocycles. The van der Waals surface area contributed by atoms with E-state index in [9.17, 15) is 4.79 Å². The van der Waals surface area contributed by atoms with Gasteiger partial charge in [-0.3, -0.25) is 4.79 Å². The van der Waals surface area contributed by atoms with E-state index in [1.165, 1.54) is 5.56 Å². The molecule has 0 radical (unpaired) electrons. The minimum absolute atomic E-state index is 0.553. The van der Waals surface area contributed by atoms with Gasteiger partial charge < -0.3 is 10.4 Å². The number of carboxylic acids is 1. The summed E-state index contributed by atoms with van der Waals surface area (Å²) in [6.07, 6.45) is 0.995. The van der Waals surface area contributed by atoms with Gasteiger partial charge in [0.2, 0.25) is 0 Å². The molecule has 2 N–H and O–H groups in total. The molecule has 0 aromatic heterocycles. The van der Waals surface area contributed by atoms with Gasteiger partial charge in [-0.15, -0.1) is 0 Å². The molecule has 0 fully saturated rings. The molecule has 1 atom stereocenters. The van der Waals surface area contributed by atoms with Crippen LogP contribution in [0.25, 0.3) is 0 Å². The van der Waals surface area contributed by atoms with Gasteiger partial charge in [0.1, 0.15) is 6.04 Å². The van der Waals surface area contributed by atoms with Crippen LogP contribution in [-0.4, -0.2) is 17.1 Å². The predicted octanol–water partition coefficient (Wildman–Crippen LogP) is 2.13. The van der Waals surface area contributed by atoms with Crippen molar-refractivity contribution in [1.29, 1.82) is 0 Å².